The maximum Gasteiger partial charge on any atom is 0.287 e. The molecular weight excluding hydrogens is 466 g/mol. The molecule has 3 aromatic rings. The summed E-state index contributed by atoms with van der Waals surface area (Å²) in [4.78, 5) is 27.2. The van der Waals surface area contributed by atoms with Crippen LogP contribution in [-0.4, -0.2) is 51.3 Å². The van der Waals surface area contributed by atoms with Gasteiger partial charge >= 0.3 is 0 Å². The van der Waals surface area contributed by atoms with Crippen LogP contribution in [0.2, 0.25) is 0 Å². The highest BCUT2D eigenvalue weighted by Gasteiger charge is 2.26. The van der Waals surface area contributed by atoms with E-state index in [2.05, 4.69) is 5.32 Å². The van der Waals surface area contributed by atoms with Gasteiger partial charge in [0.2, 0.25) is 0 Å². The van der Waals surface area contributed by atoms with Crippen molar-refractivity contribution >= 4 is 27.5 Å². The van der Waals surface area contributed by atoms with Crippen LogP contribution in [0.5, 0.6) is 0 Å². The second-order valence-electron chi connectivity index (χ2n) is 8.78. The van der Waals surface area contributed by atoms with Gasteiger partial charge in [-0.1, -0.05) is 17.7 Å². The number of hydrogen-bond donors (Lipinski definition) is 1. The van der Waals surface area contributed by atoms with E-state index in [1.807, 2.05) is 6.92 Å². The molecule has 1 fully saturated rings. The van der Waals surface area contributed by atoms with Crippen molar-refractivity contribution in [2.75, 3.05) is 24.4 Å². The fraction of sp³-hybridized carbons (Fsp3) is 0.308. The van der Waals surface area contributed by atoms with Crippen molar-refractivity contribution in [3.63, 3.8) is 0 Å². The fourth-order valence-electron chi connectivity index (χ4n) is 4.04. The van der Waals surface area contributed by atoms with Gasteiger partial charge in [0.05, 0.1) is 10.6 Å². The summed E-state index contributed by atoms with van der Waals surface area (Å²) in [7, 11) is -2.21. The number of nitrogens with zero attached hydrogens (tertiary/aromatic N) is 2. The Balaban J connectivity index is 1.35. The monoisotopic (exact) mass is 495 g/mol. The second kappa shape index (κ2) is 9.95. The van der Waals surface area contributed by atoms with Crippen molar-refractivity contribution in [3.8, 4) is 0 Å². The summed E-state index contributed by atoms with van der Waals surface area (Å²) in [5, 5.41) is 2.97. The second-order valence-corrected chi connectivity index (χ2v) is 10.8. The van der Waals surface area contributed by atoms with Gasteiger partial charge in [0.15, 0.2) is 5.76 Å². The molecule has 1 saturated heterocycles. The van der Waals surface area contributed by atoms with E-state index >= 15 is 0 Å². The minimum atomic E-state index is -3.70. The molecule has 1 aliphatic rings. The van der Waals surface area contributed by atoms with Crippen LogP contribution in [0.25, 0.3) is 0 Å². The minimum Gasteiger partial charge on any atom is -0.456 e. The van der Waals surface area contributed by atoms with Gasteiger partial charge in [-0.25, -0.2) is 8.42 Å². The number of carbonyl (C=O) groups excluding carboxylic acids is 2. The zero-order valence-electron chi connectivity index (χ0n) is 20.0. The number of nitrogens with one attached hydrogen (secondary N) is 1. The molecule has 0 bridgehead atoms. The number of likely N-dealkylation sites (tertiary alicyclic amines) is 1. The number of piperidine rings is 1. The third-order valence-corrected chi connectivity index (χ3v) is 8.04. The number of amides is 2. The van der Waals surface area contributed by atoms with Crippen LogP contribution in [0, 0.1) is 13.8 Å². The minimum absolute atomic E-state index is 0.0278. The standard InChI is InChI=1S/C26H29N3O5S/c1-18-4-11-23(12-5-18)35(32,33)28(3)22-9-7-20(8-10-22)26(31)29-16-14-21(15-17-29)27-25(30)24-13-6-19(2)34-24/h4-13,21H,14-17H2,1-3H3,(H,27,30). The molecule has 0 atom stereocenters. The molecular formula is C26H29N3O5S. The van der Waals surface area contributed by atoms with E-state index in [4.69, 9.17) is 4.42 Å². The van der Waals surface area contributed by atoms with Crippen molar-refractivity contribution in [2.45, 2.75) is 37.6 Å². The molecule has 0 aliphatic carbocycles. The maximum absolute atomic E-state index is 13.0. The number of furan rings is 1. The molecule has 0 spiro atoms. The lowest BCUT2D eigenvalue weighted by Crippen LogP contribution is -2.46. The first-order valence-corrected chi connectivity index (χ1v) is 12.9. The van der Waals surface area contributed by atoms with Crippen molar-refractivity contribution < 1.29 is 22.4 Å². The zero-order valence-corrected chi connectivity index (χ0v) is 20.8. The van der Waals surface area contributed by atoms with Gasteiger partial charge in [0.25, 0.3) is 21.8 Å². The number of aryl methyl sites for hydroxylation is 2. The first-order chi connectivity index (χ1) is 16.6. The molecule has 1 aliphatic heterocycles. The van der Waals surface area contributed by atoms with Crippen LogP contribution in [0.3, 0.4) is 0 Å². The number of sulfonamides is 1. The normalized spacial score (nSPS) is 14.5. The molecule has 2 heterocycles. The van der Waals surface area contributed by atoms with E-state index < -0.39 is 10.0 Å². The average molecular weight is 496 g/mol. The fourth-order valence-corrected chi connectivity index (χ4v) is 5.24. The summed E-state index contributed by atoms with van der Waals surface area (Å²) in [6.45, 7) is 4.72. The summed E-state index contributed by atoms with van der Waals surface area (Å²) >= 11 is 0. The molecule has 0 unspecified atom stereocenters. The molecule has 35 heavy (non-hydrogen) atoms. The maximum atomic E-state index is 13.0. The van der Waals surface area contributed by atoms with Crippen molar-refractivity contribution in [1.29, 1.82) is 0 Å². The van der Waals surface area contributed by atoms with Gasteiger partial charge in [0, 0.05) is 31.7 Å². The van der Waals surface area contributed by atoms with Crippen LogP contribution < -0.4 is 9.62 Å². The molecule has 1 N–H and O–H groups in total. The third-order valence-electron chi connectivity index (χ3n) is 6.24. The lowest BCUT2D eigenvalue weighted by molar-refractivity contribution is 0.0695. The quantitative estimate of drug-likeness (QED) is 0.561. The van der Waals surface area contributed by atoms with E-state index in [1.165, 1.54) is 11.4 Å². The van der Waals surface area contributed by atoms with Crippen LogP contribution in [0.15, 0.2) is 70.0 Å². The van der Waals surface area contributed by atoms with Crippen LogP contribution in [0.4, 0.5) is 5.69 Å². The number of carbonyl (C=O) groups is 2. The topological polar surface area (TPSA) is 99.9 Å². The van der Waals surface area contributed by atoms with Crippen LogP contribution in [0.1, 0.15) is 45.1 Å². The lowest BCUT2D eigenvalue weighted by atomic mass is 10.0. The lowest BCUT2D eigenvalue weighted by Gasteiger charge is -2.32. The Kier molecular flexibility index (Phi) is 6.98. The van der Waals surface area contributed by atoms with Gasteiger partial charge in [-0.2, -0.15) is 0 Å². The molecule has 0 radical (unpaired) electrons. The first-order valence-electron chi connectivity index (χ1n) is 11.5. The van der Waals surface area contributed by atoms with Gasteiger partial charge in [-0.05, 0) is 75.2 Å². The Hall–Kier alpha value is -3.59. The molecule has 2 aromatic carbocycles. The van der Waals surface area contributed by atoms with E-state index in [0.717, 1.165) is 5.56 Å². The summed E-state index contributed by atoms with van der Waals surface area (Å²) in [5.74, 6) is 0.603. The average Bonchev–Trinajstić information content (AvgIpc) is 3.30. The van der Waals surface area contributed by atoms with Crippen molar-refractivity contribution in [2.24, 2.45) is 0 Å². The molecule has 4 rings (SSSR count). The Labute approximate surface area is 205 Å². The zero-order chi connectivity index (χ0) is 25.2. The Bertz CT molecular complexity index is 1310. The summed E-state index contributed by atoms with van der Waals surface area (Å²) < 4.78 is 32.4. The van der Waals surface area contributed by atoms with E-state index in [9.17, 15) is 18.0 Å². The third kappa shape index (κ3) is 5.40. The first kappa shape index (κ1) is 24.5. The molecule has 2 amide bonds. The van der Waals surface area contributed by atoms with E-state index in [1.54, 1.807) is 72.5 Å². The number of hydrogen-bond acceptors (Lipinski definition) is 5. The highest BCUT2D eigenvalue weighted by atomic mass is 32.2. The summed E-state index contributed by atoms with van der Waals surface area (Å²) in [5.41, 5.74) is 1.94. The van der Waals surface area contributed by atoms with Gasteiger partial charge in [0.1, 0.15) is 5.76 Å². The Morgan fingerprint density at radius 1 is 0.943 bits per heavy atom. The van der Waals surface area contributed by atoms with Gasteiger partial charge < -0.3 is 14.6 Å². The van der Waals surface area contributed by atoms with Crippen molar-refractivity contribution in [1.82, 2.24) is 10.2 Å². The predicted octanol–water partition coefficient (Wildman–Crippen LogP) is 3.76. The summed E-state index contributed by atoms with van der Waals surface area (Å²) in [6, 6.07) is 16.6. The predicted molar refractivity (Wildman–Crippen MR) is 133 cm³/mol. The largest absolute Gasteiger partial charge is 0.456 e. The van der Waals surface area contributed by atoms with E-state index in [-0.39, 0.29) is 28.5 Å². The molecule has 0 saturated carbocycles. The molecule has 184 valence electrons. The van der Waals surface area contributed by atoms with Crippen LogP contribution >= 0.6 is 0 Å². The Morgan fingerprint density at radius 3 is 2.14 bits per heavy atom. The highest BCUT2D eigenvalue weighted by Crippen LogP contribution is 2.24. The molecule has 8 nitrogen and oxygen atoms in total. The number of rotatable bonds is 6. The van der Waals surface area contributed by atoms with Crippen LogP contribution in [-0.2, 0) is 10.0 Å². The number of benzene rings is 2. The van der Waals surface area contributed by atoms with E-state index in [0.29, 0.717) is 42.9 Å². The number of anilines is 1. The van der Waals surface area contributed by atoms with Gasteiger partial charge in [-0.3, -0.25) is 13.9 Å². The summed E-state index contributed by atoms with van der Waals surface area (Å²) in [6.07, 6.45) is 1.29. The highest BCUT2D eigenvalue weighted by molar-refractivity contribution is 7.92. The molecule has 1 aromatic heterocycles. The molecule has 9 heteroatoms. The van der Waals surface area contributed by atoms with Gasteiger partial charge in [-0.15, -0.1) is 0 Å². The Morgan fingerprint density at radius 2 is 1.57 bits per heavy atom. The van der Waals surface area contributed by atoms with Crippen molar-refractivity contribution in [3.05, 3.63) is 83.3 Å². The smallest absolute Gasteiger partial charge is 0.287 e. The SMILES string of the molecule is Cc1ccc(S(=O)(=O)N(C)c2ccc(C(=O)N3CCC(NC(=O)c4ccc(C)o4)CC3)cc2)cc1.